The highest BCUT2D eigenvalue weighted by Gasteiger charge is 2.14. The van der Waals surface area contributed by atoms with Gasteiger partial charge in [0, 0.05) is 23.9 Å². The number of nitrogens with one attached hydrogen (secondary N) is 1. The Hall–Kier alpha value is -0.620. The van der Waals surface area contributed by atoms with Gasteiger partial charge < -0.3 is 10.2 Å². The SMILES string of the molecule is CCNC(CCN(C)CCS(C)(=O)=O)c1ccccc1Cl. The van der Waals surface area contributed by atoms with Gasteiger partial charge in [-0.1, -0.05) is 36.7 Å². The summed E-state index contributed by atoms with van der Waals surface area (Å²) in [5.41, 5.74) is 1.09. The van der Waals surface area contributed by atoms with Gasteiger partial charge in [0.25, 0.3) is 0 Å². The average molecular weight is 333 g/mol. The minimum atomic E-state index is -2.91. The van der Waals surface area contributed by atoms with Crippen molar-refractivity contribution in [1.82, 2.24) is 10.2 Å². The lowest BCUT2D eigenvalue weighted by molar-refractivity contribution is 0.323. The van der Waals surface area contributed by atoms with Crippen molar-refractivity contribution in [3.63, 3.8) is 0 Å². The summed E-state index contributed by atoms with van der Waals surface area (Å²) < 4.78 is 22.4. The summed E-state index contributed by atoms with van der Waals surface area (Å²) in [6, 6.07) is 8.02. The highest BCUT2D eigenvalue weighted by Crippen LogP contribution is 2.25. The smallest absolute Gasteiger partial charge is 0.148 e. The number of halogens is 1. The van der Waals surface area contributed by atoms with Crippen molar-refractivity contribution in [3.8, 4) is 0 Å². The molecule has 0 saturated carbocycles. The molecule has 0 aliphatic carbocycles. The summed E-state index contributed by atoms with van der Waals surface area (Å²) in [7, 11) is -0.960. The predicted octanol–water partition coefficient (Wildman–Crippen LogP) is 2.36. The van der Waals surface area contributed by atoms with Crippen molar-refractivity contribution >= 4 is 21.4 Å². The molecule has 6 heteroatoms. The Bertz CT molecular complexity index is 534. The normalized spacial score (nSPS) is 13.6. The minimum absolute atomic E-state index is 0.185. The first-order valence-corrected chi connectivity index (χ1v) is 9.61. The molecule has 0 fully saturated rings. The van der Waals surface area contributed by atoms with E-state index in [1.165, 1.54) is 6.26 Å². The second-order valence-corrected chi connectivity index (χ2v) is 8.02. The van der Waals surface area contributed by atoms with Crippen LogP contribution in [0.25, 0.3) is 0 Å². The van der Waals surface area contributed by atoms with E-state index >= 15 is 0 Å². The van der Waals surface area contributed by atoms with Crippen molar-refractivity contribution in [2.24, 2.45) is 0 Å². The van der Waals surface area contributed by atoms with Crippen LogP contribution in [0, 0.1) is 0 Å². The molecule has 1 aromatic carbocycles. The molecule has 0 saturated heterocycles. The van der Waals surface area contributed by atoms with E-state index < -0.39 is 9.84 Å². The summed E-state index contributed by atoms with van der Waals surface area (Å²) in [6.45, 7) is 4.30. The monoisotopic (exact) mass is 332 g/mol. The second kappa shape index (κ2) is 8.73. The van der Waals surface area contributed by atoms with Crippen LogP contribution in [-0.4, -0.2) is 52.0 Å². The number of nitrogens with zero attached hydrogens (tertiary/aromatic N) is 1. The van der Waals surface area contributed by atoms with Gasteiger partial charge in [-0.25, -0.2) is 8.42 Å². The molecule has 0 aliphatic heterocycles. The molecule has 1 rings (SSSR count). The third-order valence-corrected chi connectivity index (χ3v) is 4.64. The second-order valence-electron chi connectivity index (χ2n) is 5.35. The Morgan fingerprint density at radius 3 is 2.52 bits per heavy atom. The third-order valence-electron chi connectivity index (χ3n) is 3.37. The maximum absolute atomic E-state index is 11.2. The summed E-state index contributed by atoms with van der Waals surface area (Å²) in [6.07, 6.45) is 2.16. The zero-order chi connectivity index (χ0) is 15.9. The van der Waals surface area contributed by atoms with E-state index in [0.29, 0.717) is 6.54 Å². The Morgan fingerprint density at radius 1 is 1.29 bits per heavy atom. The van der Waals surface area contributed by atoms with Crippen LogP contribution in [0.1, 0.15) is 24.9 Å². The fourth-order valence-corrected chi connectivity index (χ4v) is 3.07. The van der Waals surface area contributed by atoms with Gasteiger partial charge in [-0.3, -0.25) is 0 Å². The highest BCUT2D eigenvalue weighted by molar-refractivity contribution is 7.90. The van der Waals surface area contributed by atoms with Crippen LogP contribution in [0.5, 0.6) is 0 Å². The van der Waals surface area contributed by atoms with Gasteiger partial charge in [-0.05, 0) is 38.2 Å². The third kappa shape index (κ3) is 7.27. The molecule has 1 atom stereocenters. The average Bonchev–Trinajstić information content (AvgIpc) is 2.41. The molecule has 0 spiro atoms. The number of benzene rings is 1. The van der Waals surface area contributed by atoms with E-state index in [1.54, 1.807) is 0 Å². The quantitative estimate of drug-likeness (QED) is 0.754. The van der Waals surface area contributed by atoms with Crippen molar-refractivity contribution in [2.75, 3.05) is 38.7 Å². The van der Waals surface area contributed by atoms with Gasteiger partial charge in [0.2, 0.25) is 0 Å². The molecule has 0 heterocycles. The summed E-state index contributed by atoms with van der Waals surface area (Å²) in [5.74, 6) is 0.196. The maximum atomic E-state index is 11.2. The van der Waals surface area contributed by atoms with Crippen molar-refractivity contribution in [3.05, 3.63) is 34.9 Å². The molecule has 0 bridgehead atoms. The van der Waals surface area contributed by atoms with Gasteiger partial charge >= 0.3 is 0 Å². The molecule has 4 nitrogen and oxygen atoms in total. The van der Waals surface area contributed by atoms with Gasteiger partial charge in [0.1, 0.15) is 9.84 Å². The zero-order valence-corrected chi connectivity index (χ0v) is 14.5. The lowest BCUT2D eigenvalue weighted by Gasteiger charge is -2.23. The highest BCUT2D eigenvalue weighted by atomic mass is 35.5. The van der Waals surface area contributed by atoms with Gasteiger partial charge in [-0.15, -0.1) is 0 Å². The number of sulfone groups is 1. The fourth-order valence-electron chi connectivity index (χ4n) is 2.15. The van der Waals surface area contributed by atoms with Crippen LogP contribution in [0.2, 0.25) is 5.02 Å². The van der Waals surface area contributed by atoms with Crippen LogP contribution in [0.4, 0.5) is 0 Å². The molecule has 0 aromatic heterocycles. The first-order chi connectivity index (χ1) is 9.83. The molecule has 0 aliphatic rings. The maximum Gasteiger partial charge on any atom is 0.148 e. The van der Waals surface area contributed by atoms with E-state index in [4.69, 9.17) is 11.6 Å². The molecule has 0 radical (unpaired) electrons. The lowest BCUT2D eigenvalue weighted by Crippen LogP contribution is -2.30. The van der Waals surface area contributed by atoms with Crippen molar-refractivity contribution < 1.29 is 8.42 Å². The standard InChI is InChI=1S/C15H25ClN2O2S/c1-4-17-15(13-7-5-6-8-14(13)16)9-10-18(2)11-12-21(3,19)20/h5-8,15,17H,4,9-12H2,1-3H3. The Kier molecular flexibility index (Phi) is 7.66. The predicted molar refractivity (Wildman–Crippen MR) is 89.7 cm³/mol. The molecular weight excluding hydrogens is 308 g/mol. The molecule has 0 amide bonds. The Labute approximate surface area is 133 Å². The van der Waals surface area contributed by atoms with Crippen LogP contribution >= 0.6 is 11.6 Å². The molecule has 1 aromatic rings. The van der Waals surface area contributed by atoms with Crippen LogP contribution < -0.4 is 5.32 Å². The lowest BCUT2D eigenvalue weighted by atomic mass is 10.0. The largest absolute Gasteiger partial charge is 0.310 e. The Morgan fingerprint density at radius 2 is 1.95 bits per heavy atom. The van der Waals surface area contributed by atoms with Crippen LogP contribution in [-0.2, 0) is 9.84 Å². The summed E-state index contributed by atoms with van der Waals surface area (Å²) in [4.78, 5) is 2.04. The van der Waals surface area contributed by atoms with Crippen molar-refractivity contribution in [2.45, 2.75) is 19.4 Å². The molecule has 120 valence electrons. The fraction of sp³-hybridized carbons (Fsp3) is 0.600. The summed E-state index contributed by atoms with van der Waals surface area (Å²) >= 11 is 6.26. The number of hydrogen-bond acceptors (Lipinski definition) is 4. The van der Waals surface area contributed by atoms with E-state index in [-0.39, 0.29) is 11.8 Å². The minimum Gasteiger partial charge on any atom is -0.310 e. The first-order valence-electron chi connectivity index (χ1n) is 7.17. The van der Waals surface area contributed by atoms with E-state index in [1.807, 2.05) is 36.2 Å². The van der Waals surface area contributed by atoms with Crippen molar-refractivity contribution in [1.29, 1.82) is 0 Å². The molecule has 1 N–H and O–H groups in total. The van der Waals surface area contributed by atoms with Gasteiger partial charge in [0.05, 0.1) is 5.75 Å². The summed E-state index contributed by atoms with van der Waals surface area (Å²) in [5, 5.41) is 4.20. The molecular formula is C15H25ClN2O2S. The topological polar surface area (TPSA) is 49.4 Å². The van der Waals surface area contributed by atoms with Crippen LogP contribution in [0.15, 0.2) is 24.3 Å². The number of rotatable bonds is 9. The number of hydrogen-bond donors (Lipinski definition) is 1. The van der Waals surface area contributed by atoms with Crippen LogP contribution in [0.3, 0.4) is 0 Å². The first kappa shape index (κ1) is 18.4. The molecule has 1 unspecified atom stereocenters. The van der Waals surface area contributed by atoms with E-state index in [2.05, 4.69) is 12.2 Å². The molecule has 21 heavy (non-hydrogen) atoms. The van der Waals surface area contributed by atoms with E-state index in [9.17, 15) is 8.42 Å². The Balaban J connectivity index is 2.58. The van der Waals surface area contributed by atoms with Gasteiger partial charge in [-0.2, -0.15) is 0 Å². The zero-order valence-electron chi connectivity index (χ0n) is 13.0. The van der Waals surface area contributed by atoms with Gasteiger partial charge in [0.15, 0.2) is 0 Å². The van der Waals surface area contributed by atoms with E-state index in [0.717, 1.165) is 30.1 Å².